The summed E-state index contributed by atoms with van der Waals surface area (Å²) < 4.78 is 63.8. The lowest BCUT2D eigenvalue weighted by Gasteiger charge is -2.10. The number of fused-ring (bicyclic) bond motifs is 1. The molecule has 1 aromatic heterocycles. The maximum Gasteiger partial charge on any atom is 0.295 e. The summed E-state index contributed by atoms with van der Waals surface area (Å²) in [5, 5.41) is 7.00. The van der Waals surface area contributed by atoms with E-state index in [0.29, 0.717) is 28.0 Å². The summed E-state index contributed by atoms with van der Waals surface area (Å²) in [4.78, 5) is 8.09. The molecule has 4 rings (SSSR count). The van der Waals surface area contributed by atoms with E-state index in [1.807, 2.05) is 0 Å². The molecule has 0 amide bonds. The van der Waals surface area contributed by atoms with E-state index in [9.17, 15) is 21.4 Å². The molecule has 0 bridgehead atoms. The topological polar surface area (TPSA) is 159 Å². The van der Waals surface area contributed by atoms with Crippen molar-refractivity contribution in [1.29, 1.82) is 0 Å². The highest BCUT2D eigenvalue weighted by Crippen LogP contribution is 2.27. The van der Waals surface area contributed by atoms with Crippen molar-refractivity contribution >= 4 is 54.1 Å². The van der Waals surface area contributed by atoms with Gasteiger partial charge in [0.1, 0.15) is 10.7 Å². The zero-order chi connectivity index (χ0) is 22.9. The van der Waals surface area contributed by atoms with E-state index in [2.05, 4.69) is 20.6 Å². The number of nitrogens with one attached hydrogen (secondary N) is 2. The van der Waals surface area contributed by atoms with Gasteiger partial charge < -0.3 is 10.6 Å². The second-order valence-corrected chi connectivity index (χ2v) is 9.49. The SMILES string of the molecule is O=S(=O)(O)c1ccc(Nc2ccnc(Nc3ccc4c(S(=O)(=O)O)cccc4c3)n2)cc1. The molecule has 32 heavy (non-hydrogen) atoms. The Bertz CT molecular complexity index is 1520. The molecule has 0 spiro atoms. The van der Waals surface area contributed by atoms with Crippen molar-refractivity contribution in [3.8, 4) is 0 Å². The Labute approximate surface area is 183 Å². The number of rotatable bonds is 6. The van der Waals surface area contributed by atoms with Gasteiger partial charge in [0, 0.05) is 23.0 Å². The van der Waals surface area contributed by atoms with E-state index in [1.54, 1.807) is 30.3 Å². The van der Waals surface area contributed by atoms with Crippen molar-refractivity contribution < 1.29 is 25.9 Å². The van der Waals surface area contributed by atoms with E-state index in [-0.39, 0.29) is 15.7 Å². The first-order chi connectivity index (χ1) is 15.1. The Morgan fingerprint density at radius 3 is 2.16 bits per heavy atom. The highest BCUT2D eigenvalue weighted by molar-refractivity contribution is 7.86. The van der Waals surface area contributed by atoms with Gasteiger partial charge in [0.25, 0.3) is 20.2 Å². The van der Waals surface area contributed by atoms with E-state index < -0.39 is 20.2 Å². The van der Waals surface area contributed by atoms with Crippen molar-refractivity contribution in [3.05, 3.63) is 72.9 Å². The molecule has 0 fully saturated rings. The van der Waals surface area contributed by atoms with Crippen LogP contribution in [0.4, 0.5) is 23.1 Å². The van der Waals surface area contributed by atoms with Gasteiger partial charge >= 0.3 is 0 Å². The number of benzene rings is 3. The first-order valence-corrected chi connectivity index (χ1v) is 11.9. The number of anilines is 4. The molecule has 12 heteroatoms. The monoisotopic (exact) mass is 472 g/mol. The highest BCUT2D eigenvalue weighted by Gasteiger charge is 2.14. The first-order valence-electron chi connectivity index (χ1n) is 9.04. The van der Waals surface area contributed by atoms with Gasteiger partial charge in [-0.15, -0.1) is 0 Å². The van der Waals surface area contributed by atoms with Crippen molar-refractivity contribution in [3.63, 3.8) is 0 Å². The predicted molar refractivity (Wildman–Crippen MR) is 119 cm³/mol. The van der Waals surface area contributed by atoms with E-state index in [1.165, 1.54) is 42.6 Å². The van der Waals surface area contributed by atoms with Crippen molar-refractivity contribution in [2.75, 3.05) is 10.6 Å². The summed E-state index contributed by atoms with van der Waals surface area (Å²) in [5.41, 5.74) is 1.14. The molecule has 4 N–H and O–H groups in total. The molecule has 0 saturated carbocycles. The second-order valence-electron chi connectivity index (χ2n) is 6.68. The van der Waals surface area contributed by atoms with Crippen LogP contribution in [0.25, 0.3) is 10.8 Å². The van der Waals surface area contributed by atoms with Gasteiger partial charge in [-0.1, -0.05) is 18.2 Å². The number of hydrogen-bond donors (Lipinski definition) is 4. The van der Waals surface area contributed by atoms with Gasteiger partial charge in [0.2, 0.25) is 5.95 Å². The summed E-state index contributed by atoms with van der Waals surface area (Å²) in [5.74, 6) is 0.686. The average Bonchev–Trinajstić information content (AvgIpc) is 2.72. The maximum atomic E-state index is 11.5. The fraction of sp³-hybridized carbons (Fsp3) is 0. The summed E-state index contributed by atoms with van der Waals surface area (Å²) in [6.45, 7) is 0. The number of hydrogen-bond acceptors (Lipinski definition) is 8. The predicted octanol–water partition coefficient (Wildman–Crippen LogP) is 3.61. The lowest BCUT2D eigenvalue weighted by atomic mass is 10.1. The number of aromatic nitrogens is 2. The molecule has 0 radical (unpaired) electrons. The molecule has 3 aromatic carbocycles. The molecule has 4 aromatic rings. The number of nitrogens with zero attached hydrogens (tertiary/aromatic N) is 2. The van der Waals surface area contributed by atoms with Crippen LogP contribution in [0.1, 0.15) is 0 Å². The van der Waals surface area contributed by atoms with Gasteiger partial charge in [0.15, 0.2) is 0 Å². The zero-order valence-electron chi connectivity index (χ0n) is 16.2. The highest BCUT2D eigenvalue weighted by atomic mass is 32.2. The third-order valence-corrected chi connectivity index (χ3v) is 6.23. The molecule has 0 saturated heterocycles. The van der Waals surface area contributed by atoms with Crippen LogP contribution in [0.15, 0.2) is 82.7 Å². The Kier molecular flexibility index (Phi) is 5.52. The van der Waals surface area contributed by atoms with Gasteiger partial charge in [-0.2, -0.15) is 21.8 Å². The molecule has 10 nitrogen and oxygen atoms in total. The fourth-order valence-electron chi connectivity index (χ4n) is 3.03. The molecule has 0 atom stereocenters. The molecular formula is C20H16N4O6S2. The van der Waals surface area contributed by atoms with Gasteiger partial charge in [-0.25, -0.2) is 4.98 Å². The Morgan fingerprint density at radius 2 is 1.47 bits per heavy atom. The van der Waals surface area contributed by atoms with E-state index in [0.717, 1.165) is 0 Å². The van der Waals surface area contributed by atoms with Crippen LogP contribution in [0, 0.1) is 0 Å². The molecule has 0 unspecified atom stereocenters. The molecule has 0 aliphatic rings. The van der Waals surface area contributed by atoms with Crippen LogP contribution < -0.4 is 10.6 Å². The minimum Gasteiger partial charge on any atom is -0.340 e. The van der Waals surface area contributed by atoms with Crippen LogP contribution in [0.5, 0.6) is 0 Å². The average molecular weight is 473 g/mol. The maximum absolute atomic E-state index is 11.5. The van der Waals surface area contributed by atoms with Crippen molar-refractivity contribution in [2.24, 2.45) is 0 Å². The molecular weight excluding hydrogens is 456 g/mol. The van der Waals surface area contributed by atoms with Crippen molar-refractivity contribution in [1.82, 2.24) is 9.97 Å². The van der Waals surface area contributed by atoms with E-state index >= 15 is 0 Å². The molecule has 1 heterocycles. The van der Waals surface area contributed by atoms with Crippen LogP contribution >= 0.6 is 0 Å². The third-order valence-electron chi connectivity index (χ3n) is 4.45. The standard InChI is InChI=1S/C20H16N4O6S2/c25-31(26,27)16-7-4-14(5-8-16)22-19-10-11-21-20(24-19)23-15-6-9-17-13(12-15)2-1-3-18(17)32(28,29)30/h1-12H,(H,25,26,27)(H,28,29,30)(H2,21,22,23,24). The zero-order valence-corrected chi connectivity index (χ0v) is 17.8. The van der Waals surface area contributed by atoms with Crippen LogP contribution in [0.3, 0.4) is 0 Å². The molecule has 164 valence electrons. The smallest absolute Gasteiger partial charge is 0.295 e. The Morgan fingerprint density at radius 1 is 0.750 bits per heavy atom. The lowest BCUT2D eigenvalue weighted by Crippen LogP contribution is -2.02. The third kappa shape index (κ3) is 4.84. The minimum absolute atomic E-state index is 0.177. The summed E-state index contributed by atoms with van der Waals surface area (Å²) >= 11 is 0. The molecule has 0 aliphatic heterocycles. The fourth-order valence-corrected chi connectivity index (χ4v) is 4.23. The second kappa shape index (κ2) is 8.16. The lowest BCUT2D eigenvalue weighted by molar-refractivity contribution is 0.481. The van der Waals surface area contributed by atoms with Gasteiger partial charge in [-0.05, 0) is 53.9 Å². The first kappa shape index (κ1) is 21.6. The minimum atomic E-state index is -4.35. The van der Waals surface area contributed by atoms with Crippen molar-refractivity contribution in [2.45, 2.75) is 9.79 Å². The largest absolute Gasteiger partial charge is 0.340 e. The van der Waals surface area contributed by atoms with Crippen LogP contribution in [0.2, 0.25) is 0 Å². The van der Waals surface area contributed by atoms with Gasteiger partial charge in [0.05, 0.1) is 4.90 Å². The Hall–Kier alpha value is -3.58. The Balaban J connectivity index is 1.56. The van der Waals surface area contributed by atoms with Crippen LogP contribution in [-0.4, -0.2) is 35.9 Å². The van der Waals surface area contributed by atoms with Crippen LogP contribution in [-0.2, 0) is 20.2 Å². The summed E-state index contributed by atoms with van der Waals surface area (Å²) in [6.07, 6.45) is 1.52. The summed E-state index contributed by atoms with van der Waals surface area (Å²) in [7, 11) is -8.62. The quantitative estimate of drug-likeness (QED) is 0.305. The molecule has 0 aliphatic carbocycles. The van der Waals surface area contributed by atoms with Gasteiger partial charge in [-0.3, -0.25) is 9.11 Å². The normalized spacial score (nSPS) is 11.9. The summed E-state index contributed by atoms with van der Waals surface area (Å²) in [6, 6.07) is 16.6. The van der Waals surface area contributed by atoms with E-state index in [4.69, 9.17) is 4.55 Å².